The standard InChI is InChI=1S/C47H93NO4/c1-7-11-15-19-20-28-36-45(35-27-18-14-10-4)47(50)52-42-32-24-22-30-40-48(43(5)6)39-29-21-23-31-41-51-46(49)38-37-44(33-25-16-12-8-2)34-26-17-13-9-3/h43-45H,7-42H2,1-6H3. The van der Waals surface area contributed by atoms with Gasteiger partial charge in [0.2, 0.25) is 0 Å². The Labute approximate surface area is 326 Å². The minimum Gasteiger partial charge on any atom is -0.466 e. The quantitative estimate of drug-likeness (QED) is 0.0462. The first-order valence-corrected chi connectivity index (χ1v) is 23.5. The molecule has 0 fully saturated rings. The van der Waals surface area contributed by atoms with Crippen LogP contribution in [0.1, 0.15) is 247 Å². The Balaban J connectivity index is 4.12. The van der Waals surface area contributed by atoms with E-state index < -0.39 is 0 Å². The Morgan fingerprint density at radius 3 is 1.31 bits per heavy atom. The third kappa shape index (κ3) is 33.5. The van der Waals surface area contributed by atoms with Gasteiger partial charge in [-0.2, -0.15) is 0 Å². The van der Waals surface area contributed by atoms with Crippen LogP contribution in [-0.2, 0) is 19.1 Å². The van der Waals surface area contributed by atoms with Crippen molar-refractivity contribution in [3.05, 3.63) is 0 Å². The molecule has 0 radical (unpaired) electrons. The largest absolute Gasteiger partial charge is 0.466 e. The van der Waals surface area contributed by atoms with E-state index in [0.29, 0.717) is 31.6 Å². The third-order valence-corrected chi connectivity index (χ3v) is 11.3. The molecule has 310 valence electrons. The number of esters is 2. The normalized spacial score (nSPS) is 12.3. The minimum atomic E-state index is 0.0155. The van der Waals surface area contributed by atoms with Crippen molar-refractivity contribution in [2.75, 3.05) is 26.3 Å². The molecule has 1 atom stereocenters. The van der Waals surface area contributed by atoms with Crippen LogP contribution in [0.15, 0.2) is 0 Å². The number of hydrogen-bond acceptors (Lipinski definition) is 5. The SMILES string of the molecule is CCCCCCCCC(CCCCCC)C(=O)OCCCCCCN(CCCCCCOC(=O)CCC(CCCCCC)CCCCCC)C(C)C. The lowest BCUT2D eigenvalue weighted by Gasteiger charge is -2.26. The molecule has 5 heteroatoms. The maximum atomic E-state index is 12.9. The van der Waals surface area contributed by atoms with Crippen LogP contribution in [0.4, 0.5) is 0 Å². The molecule has 0 saturated carbocycles. The lowest BCUT2D eigenvalue weighted by molar-refractivity contribution is -0.149. The number of carbonyl (C=O) groups is 2. The molecule has 0 spiro atoms. The Morgan fingerprint density at radius 1 is 0.442 bits per heavy atom. The smallest absolute Gasteiger partial charge is 0.308 e. The van der Waals surface area contributed by atoms with Gasteiger partial charge in [-0.3, -0.25) is 9.59 Å². The van der Waals surface area contributed by atoms with Crippen LogP contribution in [0.5, 0.6) is 0 Å². The van der Waals surface area contributed by atoms with E-state index in [4.69, 9.17) is 9.47 Å². The van der Waals surface area contributed by atoms with E-state index in [9.17, 15) is 9.59 Å². The molecule has 0 aliphatic rings. The zero-order valence-corrected chi connectivity index (χ0v) is 36.3. The molecule has 0 N–H and O–H groups in total. The van der Waals surface area contributed by atoms with Crippen molar-refractivity contribution in [3.63, 3.8) is 0 Å². The van der Waals surface area contributed by atoms with Gasteiger partial charge in [-0.15, -0.1) is 0 Å². The molecular weight excluding hydrogens is 643 g/mol. The fourth-order valence-electron chi connectivity index (χ4n) is 7.56. The summed E-state index contributed by atoms with van der Waals surface area (Å²) in [6.45, 7) is 17.1. The summed E-state index contributed by atoms with van der Waals surface area (Å²) >= 11 is 0. The van der Waals surface area contributed by atoms with E-state index in [1.807, 2.05) is 0 Å². The Morgan fingerprint density at radius 2 is 0.827 bits per heavy atom. The summed E-state index contributed by atoms with van der Waals surface area (Å²) in [6, 6.07) is 0.560. The maximum absolute atomic E-state index is 12.9. The predicted octanol–water partition coefficient (Wildman–Crippen LogP) is 14.6. The van der Waals surface area contributed by atoms with Crippen molar-refractivity contribution in [3.8, 4) is 0 Å². The number of hydrogen-bond donors (Lipinski definition) is 0. The second-order valence-electron chi connectivity index (χ2n) is 16.6. The van der Waals surface area contributed by atoms with Crippen LogP contribution in [0.3, 0.4) is 0 Å². The number of ether oxygens (including phenoxy) is 2. The molecule has 52 heavy (non-hydrogen) atoms. The molecule has 1 unspecified atom stereocenters. The summed E-state index contributed by atoms with van der Waals surface area (Å²) in [4.78, 5) is 28.0. The number of unbranched alkanes of at least 4 members (excludes halogenated alkanes) is 20. The first-order chi connectivity index (χ1) is 25.4. The molecule has 0 aromatic carbocycles. The zero-order chi connectivity index (χ0) is 38.3. The average molecular weight is 736 g/mol. The van der Waals surface area contributed by atoms with Gasteiger partial charge in [0.25, 0.3) is 0 Å². The Bertz CT molecular complexity index is 744. The molecule has 0 amide bonds. The topological polar surface area (TPSA) is 55.8 Å². The lowest BCUT2D eigenvalue weighted by atomic mass is 9.90. The molecule has 0 aliphatic heterocycles. The third-order valence-electron chi connectivity index (χ3n) is 11.3. The molecule has 0 saturated heterocycles. The first-order valence-electron chi connectivity index (χ1n) is 23.5. The van der Waals surface area contributed by atoms with E-state index in [-0.39, 0.29) is 17.9 Å². The highest BCUT2D eigenvalue weighted by Crippen LogP contribution is 2.24. The van der Waals surface area contributed by atoms with Crippen molar-refractivity contribution in [1.82, 2.24) is 4.90 Å². The zero-order valence-electron chi connectivity index (χ0n) is 36.3. The van der Waals surface area contributed by atoms with Crippen LogP contribution in [0.25, 0.3) is 0 Å². The Kier molecular flexibility index (Phi) is 38.8. The molecule has 0 aromatic heterocycles. The van der Waals surface area contributed by atoms with Gasteiger partial charge in [-0.05, 0) is 77.8 Å². The van der Waals surface area contributed by atoms with Crippen molar-refractivity contribution < 1.29 is 19.1 Å². The first kappa shape index (κ1) is 50.9. The van der Waals surface area contributed by atoms with E-state index in [1.54, 1.807) is 0 Å². The molecule has 0 rings (SSSR count). The van der Waals surface area contributed by atoms with Crippen molar-refractivity contribution >= 4 is 11.9 Å². The van der Waals surface area contributed by atoms with Gasteiger partial charge in [0.15, 0.2) is 0 Å². The van der Waals surface area contributed by atoms with Gasteiger partial charge in [0.1, 0.15) is 0 Å². The number of carbonyl (C=O) groups excluding carboxylic acids is 2. The summed E-state index contributed by atoms with van der Waals surface area (Å²) < 4.78 is 11.5. The minimum absolute atomic E-state index is 0.0155. The maximum Gasteiger partial charge on any atom is 0.308 e. The Hall–Kier alpha value is -1.10. The van der Waals surface area contributed by atoms with Crippen LogP contribution >= 0.6 is 0 Å². The highest BCUT2D eigenvalue weighted by molar-refractivity contribution is 5.72. The number of rotatable bonds is 41. The highest BCUT2D eigenvalue weighted by Gasteiger charge is 2.19. The monoisotopic (exact) mass is 736 g/mol. The van der Waals surface area contributed by atoms with E-state index >= 15 is 0 Å². The van der Waals surface area contributed by atoms with Crippen molar-refractivity contribution in [2.24, 2.45) is 11.8 Å². The highest BCUT2D eigenvalue weighted by atomic mass is 16.5. The molecule has 0 aliphatic carbocycles. The summed E-state index contributed by atoms with van der Waals surface area (Å²) in [5.74, 6) is 0.883. The van der Waals surface area contributed by atoms with Crippen LogP contribution in [-0.4, -0.2) is 49.2 Å². The van der Waals surface area contributed by atoms with Gasteiger partial charge in [-0.25, -0.2) is 0 Å². The fraction of sp³-hybridized carbons (Fsp3) is 0.957. The molecular formula is C47H93NO4. The summed E-state index contributed by atoms with van der Waals surface area (Å²) in [7, 11) is 0. The van der Waals surface area contributed by atoms with Gasteiger partial charge >= 0.3 is 11.9 Å². The van der Waals surface area contributed by atoms with Crippen LogP contribution < -0.4 is 0 Å². The number of nitrogens with zero attached hydrogens (tertiary/aromatic N) is 1. The fourth-order valence-corrected chi connectivity index (χ4v) is 7.56. The van der Waals surface area contributed by atoms with E-state index in [2.05, 4.69) is 46.4 Å². The van der Waals surface area contributed by atoms with Crippen LogP contribution in [0, 0.1) is 11.8 Å². The second-order valence-corrected chi connectivity index (χ2v) is 16.6. The molecule has 0 bridgehead atoms. The molecule has 0 aromatic rings. The summed E-state index contributed by atoms with van der Waals surface area (Å²) in [5, 5.41) is 0. The lowest BCUT2D eigenvalue weighted by Crippen LogP contribution is -2.32. The van der Waals surface area contributed by atoms with Gasteiger partial charge in [0.05, 0.1) is 19.1 Å². The molecule has 0 heterocycles. The van der Waals surface area contributed by atoms with Gasteiger partial charge in [0, 0.05) is 12.5 Å². The van der Waals surface area contributed by atoms with Crippen molar-refractivity contribution in [2.45, 2.75) is 253 Å². The van der Waals surface area contributed by atoms with Gasteiger partial charge < -0.3 is 14.4 Å². The van der Waals surface area contributed by atoms with Crippen LogP contribution in [0.2, 0.25) is 0 Å². The molecule has 5 nitrogen and oxygen atoms in total. The predicted molar refractivity (Wildman–Crippen MR) is 226 cm³/mol. The second kappa shape index (κ2) is 39.6. The summed E-state index contributed by atoms with van der Waals surface area (Å²) in [5.41, 5.74) is 0. The van der Waals surface area contributed by atoms with Gasteiger partial charge in [-0.1, -0.05) is 182 Å². The summed E-state index contributed by atoms with van der Waals surface area (Å²) in [6.07, 6.45) is 38.3. The van der Waals surface area contributed by atoms with E-state index in [0.717, 1.165) is 70.9 Å². The average Bonchev–Trinajstić information content (AvgIpc) is 3.13. The van der Waals surface area contributed by atoms with Crippen molar-refractivity contribution in [1.29, 1.82) is 0 Å². The van der Waals surface area contributed by atoms with E-state index in [1.165, 1.54) is 141 Å².